The van der Waals surface area contributed by atoms with E-state index in [0.717, 1.165) is 18.4 Å². The van der Waals surface area contributed by atoms with Crippen LogP contribution in [0.5, 0.6) is 0 Å². The number of hydrogen-bond donors (Lipinski definition) is 1. The summed E-state index contributed by atoms with van der Waals surface area (Å²) in [5.74, 6) is 0.555. The summed E-state index contributed by atoms with van der Waals surface area (Å²) in [5, 5.41) is 12.8. The van der Waals surface area contributed by atoms with Gasteiger partial charge in [0.15, 0.2) is 0 Å². The highest BCUT2D eigenvalue weighted by Crippen LogP contribution is 2.42. The van der Waals surface area contributed by atoms with Gasteiger partial charge in [-0.15, -0.1) is 0 Å². The predicted molar refractivity (Wildman–Crippen MR) is 71.3 cm³/mol. The van der Waals surface area contributed by atoms with Crippen LogP contribution in [0.3, 0.4) is 0 Å². The molecule has 0 amide bonds. The van der Waals surface area contributed by atoms with Crippen LogP contribution in [0.25, 0.3) is 10.8 Å². The fraction of sp³-hybridized carbons (Fsp3) is 0.375. The van der Waals surface area contributed by atoms with E-state index < -0.39 is 0 Å². The maximum Gasteiger partial charge on any atom is 0.0793 e. The number of aliphatic hydroxyl groups is 1. The lowest BCUT2D eigenvalue weighted by atomic mass is 9.78. The van der Waals surface area contributed by atoms with Gasteiger partial charge in [0.2, 0.25) is 0 Å². The van der Waals surface area contributed by atoms with E-state index in [1.165, 1.54) is 21.9 Å². The van der Waals surface area contributed by atoms with Crippen LogP contribution in [0.4, 0.5) is 0 Å². The van der Waals surface area contributed by atoms with Gasteiger partial charge in [0, 0.05) is 0 Å². The zero-order valence-corrected chi connectivity index (χ0v) is 10.4. The minimum Gasteiger partial charge on any atom is -0.388 e. The summed E-state index contributed by atoms with van der Waals surface area (Å²) in [6, 6.07) is 10.7. The molecule has 1 nitrogen and oxygen atoms in total. The summed E-state index contributed by atoms with van der Waals surface area (Å²) in [6.07, 6.45) is 1.71. The summed E-state index contributed by atoms with van der Waals surface area (Å²) in [6.45, 7) is 4.40. The maximum atomic E-state index is 10.2. The molecule has 1 heteroatoms. The Morgan fingerprint density at radius 3 is 2.59 bits per heavy atom. The summed E-state index contributed by atoms with van der Waals surface area (Å²) in [7, 11) is 0. The van der Waals surface area contributed by atoms with Crippen LogP contribution in [0.2, 0.25) is 0 Å². The predicted octanol–water partition coefficient (Wildman–Crippen LogP) is 4.08. The van der Waals surface area contributed by atoms with Crippen LogP contribution in [-0.4, -0.2) is 5.11 Å². The van der Waals surface area contributed by atoms with E-state index in [2.05, 4.69) is 44.2 Å². The number of rotatable bonds is 0. The normalized spacial score (nSPS) is 23.7. The van der Waals surface area contributed by atoms with E-state index in [4.69, 9.17) is 0 Å². The van der Waals surface area contributed by atoms with E-state index in [1.807, 2.05) is 0 Å². The molecular weight excluding hydrogens is 208 g/mol. The molecule has 0 aromatic heterocycles. The Labute approximate surface area is 102 Å². The van der Waals surface area contributed by atoms with Gasteiger partial charge in [-0.2, -0.15) is 0 Å². The lowest BCUT2D eigenvalue weighted by molar-refractivity contribution is 0.152. The maximum absolute atomic E-state index is 10.2. The lowest BCUT2D eigenvalue weighted by Crippen LogP contribution is -2.13. The number of hydrogen-bond acceptors (Lipinski definition) is 1. The van der Waals surface area contributed by atoms with Crippen molar-refractivity contribution in [2.45, 2.75) is 38.7 Å². The molecule has 0 saturated heterocycles. The summed E-state index contributed by atoms with van der Waals surface area (Å²) in [5.41, 5.74) is 3.79. The molecule has 0 heterocycles. The number of aryl methyl sites for hydroxylation is 1. The molecule has 0 saturated carbocycles. The van der Waals surface area contributed by atoms with E-state index in [-0.39, 0.29) is 6.10 Å². The number of benzene rings is 2. The molecule has 1 aliphatic rings. The first-order valence-corrected chi connectivity index (χ1v) is 6.38. The topological polar surface area (TPSA) is 20.2 Å². The largest absolute Gasteiger partial charge is 0.388 e. The molecule has 88 valence electrons. The highest BCUT2D eigenvalue weighted by atomic mass is 16.3. The molecule has 0 aliphatic heterocycles. The molecule has 3 rings (SSSR count). The minimum atomic E-state index is -0.274. The zero-order valence-electron chi connectivity index (χ0n) is 10.4. The van der Waals surface area contributed by atoms with Gasteiger partial charge in [-0.25, -0.2) is 0 Å². The molecule has 0 bridgehead atoms. The molecule has 2 aromatic carbocycles. The van der Waals surface area contributed by atoms with E-state index >= 15 is 0 Å². The Kier molecular flexibility index (Phi) is 2.44. The third-order valence-corrected chi connectivity index (χ3v) is 4.05. The van der Waals surface area contributed by atoms with Gasteiger partial charge >= 0.3 is 0 Å². The number of aliphatic hydroxyl groups excluding tert-OH is 1. The Morgan fingerprint density at radius 2 is 1.82 bits per heavy atom. The van der Waals surface area contributed by atoms with Crippen molar-refractivity contribution in [2.75, 3.05) is 0 Å². The van der Waals surface area contributed by atoms with Gasteiger partial charge < -0.3 is 5.11 Å². The fourth-order valence-electron chi connectivity index (χ4n) is 3.14. The van der Waals surface area contributed by atoms with Crippen LogP contribution >= 0.6 is 0 Å². The number of fused-ring (bicyclic) bond motifs is 3. The second-order valence-electron chi connectivity index (χ2n) is 5.24. The molecule has 17 heavy (non-hydrogen) atoms. The van der Waals surface area contributed by atoms with Crippen molar-refractivity contribution in [1.82, 2.24) is 0 Å². The van der Waals surface area contributed by atoms with Crippen molar-refractivity contribution in [3.8, 4) is 0 Å². The third kappa shape index (κ3) is 1.57. The minimum absolute atomic E-state index is 0.274. The molecule has 0 spiro atoms. The van der Waals surface area contributed by atoms with E-state index in [0.29, 0.717) is 5.92 Å². The molecule has 0 radical (unpaired) electrons. The van der Waals surface area contributed by atoms with Gasteiger partial charge in [-0.1, -0.05) is 37.3 Å². The van der Waals surface area contributed by atoms with Crippen molar-refractivity contribution in [2.24, 2.45) is 0 Å². The average molecular weight is 226 g/mol. The lowest BCUT2D eigenvalue weighted by Gasteiger charge is -2.29. The standard InChI is InChI=1S/C16H18O/c1-10-7-8-15(17)14-9-11(2)12-5-3-4-6-13(12)16(10)14/h3-6,9-10,15,17H,7-8H2,1-2H3/t10?,15-/m1/s1. The highest BCUT2D eigenvalue weighted by Gasteiger charge is 2.25. The molecule has 2 aromatic rings. The van der Waals surface area contributed by atoms with Gasteiger partial charge in [0.05, 0.1) is 6.10 Å². The highest BCUT2D eigenvalue weighted by molar-refractivity contribution is 5.90. The second-order valence-corrected chi connectivity index (χ2v) is 5.24. The molecule has 1 aliphatic carbocycles. The summed E-state index contributed by atoms with van der Waals surface area (Å²) < 4.78 is 0. The van der Waals surface area contributed by atoms with Crippen molar-refractivity contribution < 1.29 is 5.11 Å². The molecule has 0 fully saturated rings. The second kappa shape index (κ2) is 3.85. The van der Waals surface area contributed by atoms with Crippen LogP contribution in [0.1, 0.15) is 48.5 Å². The Balaban J connectivity index is 2.41. The quantitative estimate of drug-likeness (QED) is 0.717. The SMILES string of the molecule is Cc1cc2c(c3ccccc13)C(C)CC[C@H]2O. The first-order valence-electron chi connectivity index (χ1n) is 6.38. The van der Waals surface area contributed by atoms with Gasteiger partial charge in [0.1, 0.15) is 0 Å². The fourth-order valence-corrected chi connectivity index (χ4v) is 3.14. The van der Waals surface area contributed by atoms with Gasteiger partial charge in [-0.3, -0.25) is 0 Å². The third-order valence-electron chi connectivity index (χ3n) is 4.05. The monoisotopic (exact) mass is 226 g/mol. The van der Waals surface area contributed by atoms with Crippen molar-refractivity contribution in [1.29, 1.82) is 0 Å². The van der Waals surface area contributed by atoms with Crippen molar-refractivity contribution >= 4 is 10.8 Å². The van der Waals surface area contributed by atoms with E-state index in [9.17, 15) is 5.11 Å². The van der Waals surface area contributed by atoms with Gasteiger partial charge in [0.25, 0.3) is 0 Å². The Hall–Kier alpha value is -1.34. The van der Waals surface area contributed by atoms with Crippen LogP contribution in [-0.2, 0) is 0 Å². The first kappa shape index (κ1) is 10.8. The van der Waals surface area contributed by atoms with Gasteiger partial charge in [-0.05, 0) is 53.1 Å². The molecule has 1 unspecified atom stereocenters. The smallest absolute Gasteiger partial charge is 0.0793 e. The zero-order chi connectivity index (χ0) is 12.0. The summed E-state index contributed by atoms with van der Waals surface area (Å²) >= 11 is 0. The van der Waals surface area contributed by atoms with Crippen molar-refractivity contribution in [3.63, 3.8) is 0 Å². The molecule has 2 atom stereocenters. The van der Waals surface area contributed by atoms with Crippen molar-refractivity contribution in [3.05, 3.63) is 47.0 Å². The Bertz CT molecular complexity index is 571. The average Bonchev–Trinajstić information content (AvgIpc) is 2.34. The Morgan fingerprint density at radius 1 is 1.12 bits per heavy atom. The van der Waals surface area contributed by atoms with Crippen LogP contribution < -0.4 is 0 Å². The molecular formula is C16H18O. The van der Waals surface area contributed by atoms with Crippen LogP contribution in [0.15, 0.2) is 30.3 Å². The van der Waals surface area contributed by atoms with E-state index in [1.54, 1.807) is 0 Å². The molecule has 1 N–H and O–H groups in total. The summed E-state index contributed by atoms with van der Waals surface area (Å²) in [4.78, 5) is 0. The first-order chi connectivity index (χ1) is 8.18. The van der Waals surface area contributed by atoms with Crippen LogP contribution in [0, 0.1) is 6.92 Å².